The van der Waals surface area contributed by atoms with E-state index in [9.17, 15) is 0 Å². The van der Waals surface area contributed by atoms with Gasteiger partial charge in [-0.3, -0.25) is 4.90 Å². The number of fused-ring (bicyclic) bond motifs is 3. The van der Waals surface area contributed by atoms with Crippen molar-refractivity contribution in [3.05, 3.63) is 65.2 Å². The quantitative estimate of drug-likeness (QED) is 0.816. The standard InChI is InChI=1S/C23H26N2O2/c1-16-19-8-4-5-9-20(19)23(25-14-6-3-7-15-25)21(24-27-22(16)23)17-10-12-18(26-2)13-11-17/h4-5,8-13,16,22H,3,6-7,14-15H2,1-2H3/t16-,22+,23-/m0/s1. The zero-order chi connectivity index (χ0) is 18.4. The van der Waals surface area contributed by atoms with Gasteiger partial charge in [-0.25, -0.2) is 0 Å². The highest BCUT2D eigenvalue weighted by atomic mass is 16.6. The fraction of sp³-hybridized carbons (Fsp3) is 0.435. The van der Waals surface area contributed by atoms with E-state index in [1.54, 1.807) is 7.11 Å². The van der Waals surface area contributed by atoms with E-state index in [4.69, 9.17) is 9.57 Å². The zero-order valence-electron chi connectivity index (χ0n) is 16.0. The molecule has 1 aliphatic carbocycles. The van der Waals surface area contributed by atoms with E-state index in [-0.39, 0.29) is 11.6 Å². The number of hydrogen-bond donors (Lipinski definition) is 0. The molecule has 3 atom stereocenters. The second-order valence-electron chi connectivity index (χ2n) is 7.88. The molecule has 1 fully saturated rings. The summed E-state index contributed by atoms with van der Waals surface area (Å²) in [6, 6.07) is 17.1. The number of nitrogens with zero attached hydrogens (tertiary/aromatic N) is 2. The Morgan fingerprint density at radius 1 is 1.04 bits per heavy atom. The Kier molecular flexibility index (Phi) is 3.97. The minimum atomic E-state index is -0.287. The van der Waals surface area contributed by atoms with Gasteiger partial charge in [-0.2, -0.15) is 0 Å². The Morgan fingerprint density at radius 2 is 1.78 bits per heavy atom. The van der Waals surface area contributed by atoms with Gasteiger partial charge < -0.3 is 9.57 Å². The van der Waals surface area contributed by atoms with E-state index in [0.717, 1.165) is 30.1 Å². The van der Waals surface area contributed by atoms with Gasteiger partial charge in [0.25, 0.3) is 0 Å². The van der Waals surface area contributed by atoms with Crippen molar-refractivity contribution in [1.29, 1.82) is 0 Å². The van der Waals surface area contributed by atoms with Crippen LogP contribution in [0.2, 0.25) is 0 Å². The normalized spacial score (nSPS) is 29.6. The van der Waals surface area contributed by atoms with Crippen molar-refractivity contribution in [2.45, 2.75) is 43.7 Å². The number of oxime groups is 1. The van der Waals surface area contributed by atoms with Gasteiger partial charge in [-0.15, -0.1) is 0 Å². The van der Waals surface area contributed by atoms with Crippen LogP contribution in [0, 0.1) is 0 Å². The lowest BCUT2D eigenvalue weighted by Crippen LogP contribution is -2.57. The molecule has 0 saturated carbocycles. The first-order valence-corrected chi connectivity index (χ1v) is 10.00. The van der Waals surface area contributed by atoms with E-state index in [1.807, 2.05) is 12.1 Å². The van der Waals surface area contributed by atoms with Crippen LogP contribution in [0.1, 0.15) is 48.8 Å². The SMILES string of the molecule is COc1ccc(C2=NO[C@@H]3[C@@H](C)c4ccccc4[C@]23N2CCCCC2)cc1. The van der Waals surface area contributed by atoms with E-state index >= 15 is 0 Å². The molecule has 2 heterocycles. The van der Waals surface area contributed by atoms with Gasteiger partial charge in [0.05, 0.1) is 7.11 Å². The molecule has 0 spiro atoms. The van der Waals surface area contributed by atoms with Crippen LogP contribution in [-0.4, -0.2) is 36.9 Å². The molecule has 0 radical (unpaired) electrons. The van der Waals surface area contributed by atoms with Crippen LogP contribution in [-0.2, 0) is 10.4 Å². The summed E-state index contributed by atoms with van der Waals surface area (Å²) in [7, 11) is 1.70. The molecule has 0 unspecified atom stereocenters. The van der Waals surface area contributed by atoms with Gasteiger partial charge in [0.15, 0.2) is 6.10 Å². The summed E-state index contributed by atoms with van der Waals surface area (Å²) < 4.78 is 5.35. The van der Waals surface area contributed by atoms with Crippen LogP contribution >= 0.6 is 0 Å². The summed E-state index contributed by atoms with van der Waals surface area (Å²) >= 11 is 0. The Labute approximate surface area is 160 Å². The summed E-state index contributed by atoms with van der Waals surface area (Å²) in [4.78, 5) is 8.81. The van der Waals surface area contributed by atoms with Crippen molar-refractivity contribution in [3.63, 3.8) is 0 Å². The van der Waals surface area contributed by atoms with Crippen LogP contribution in [0.4, 0.5) is 0 Å². The van der Waals surface area contributed by atoms with Gasteiger partial charge >= 0.3 is 0 Å². The number of likely N-dealkylation sites (tertiary alicyclic amines) is 1. The maximum Gasteiger partial charge on any atom is 0.162 e. The molecule has 4 heteroatoms. The number of rotatable bonds is 3. The average Bonchev–Trinajstić information content (AvgIpc) is 3.25. The molecule has 0 N–H and O–H groups in total. The van der Waals surface area contributed by atoms with Crippen molar-refractivity contribution in [1.82, 2.24) is 4.90 Å². The Bertz CT molecular complexity index is 870. The number of benzene rings is 2. The number of hydrogen-bond acceptors (Lipinski definition) is 4. The first kappa shape index (κ1) is 16.8. The fourth-order valence-corrected chi connectivity index (χ4v) is 5.30. The minimum absolute atomic E-state index is 0.0325. The first-order valence-electron chi connectivity index (χ1n) is 10.00. The molecule has 4 nitrogen and oxygen atoms in total. The minimum Gasteiger partial charge on any atom is -0.497 e. The van der Waals surface area contributed by atoms with E-state index in [0.29, 0.717) is 5.92 Å². The van der Waals surface area contributed by atoms with Crippen LogP contribution in [0.25, 0.3) is 0 Å². The molecule has 5 rings (SSSR count). The molecule has 140 valence electrons. The molecule has 0 amide bonds. The highest BCUT2D eigenvalue weighted by Crippen LogP contribution is 2.54. The van der Waals surface area contributed by atoms with Crippen LogP contribution in [0.3, 0.4) is 0 Å². The molecule has 2 aromatic carbocycles. The van der Waals surface area contributed by atoms with Crippen LogP contribution in [0.5, 0.6) is 5.75 Å². The van der Waals surface area contributed by atoms with Gasteiger partial charge in [0, 0.05) is 11.5 Å². The first-order chi connectivity index (χ1) is 13.3. The second-order valence-corrected chi connectivity index (χ2v) is 7.88. The number of ether oxygens (including phenoxy) is 1. The van der Waals surface area contributed by atoms with Crippen molar-refractivity contribution in [3.8, 4) is 5.75 Å². The van der Waals surface area contributed by atoms with E-state index in [2.05, 4.69) is 53.4 Å². The highest BCUT2D eigenvalue weighted by Gasteiger charge is 2.62. The molecule has 0 aromatic heterocycles. The molecular weight excluding hydrogens is 336 g/mol. The Balaban J connectivity index is 1.69. The van der Waals surface area contributed by atoms with Crippen LogP contribution < -0.4 is 4.74 Å². The molecule has 3 aliphatic rings. The fourth-order valence-electron chi connectivity index (χ4n) is 5.30. The summed E-state index contributed by atoms with van der Waals surface area (Å²) in [5.74, 6) is 1.18. The van der Waals surface area contributed by atoms with Crippen molar-refractivity contribution < 1.29 is 9.57 Å². The third-order valence-corrected chi connectivity index (χ3v) is 6.56. The third-order valence-electron chi connectivity index (χ3n) is 6.56. The maximum absolute atomic E-state index is 6.17. The Hall–Kier alpha value is -2.33. The van der Waals surface area contributed by atoms with Gasteiger partial charge in [-0.05, 0) is 61.3 Å². The van der Waals surface area contributed by atoms with Gasteiger partial charge in [0.1, 0.15) is 17.0 Å². The third kappa shape index (κ3) is 2.29. The molecule has 2 aliphatic heterocycles. The lowest BCUT2D eigenvalue weighted by Gasteiger charge is -2.44. The number of piperidine rings is 1. The summed E-state index contributed by atoms with van der Waals surface area (Å²) in [5.41, 5.74) is 4.65. The summed E-state index contributed by atoms with van der Waals surface area (Å²) in [6.07, 6.45) is 3.82. The molecule has 1 saturated heterocycles. The monoisotopic (exact) mass is 362 g/mol. The lowest BCUT2D eigenvalue weighted by atomic mass is 9.78. The number of methoxy groups -OCH3 is 1. The van der Waals surface area contributed by atoms with Crippen molar-refractivity contribution in [2.75, 3.05) is 20.2 Å². The topological polar surface area (TPSA) is 34.1 Å². The second kappa shape index (κ2) is 6.38. The lowest BCUT2D eigenvalue weighted by molar-refractivity contribution is -0.0205. The van der Waals surface area contributed by atoms with Crippen LogP contribution in [0.15, 0.2) is 53.7 Å². The molecule has 2 aromatic rings. The van der Waals surface area contributed by atoms with Crippen molar-refractivity contribution in [2.24, 2.45) is 5.16 Å². The Morgan fingerprint density at radius 3 is 2.52 bits per heavy atom. The summed E-state index contributed by atoms with van der Waals surface area (Å²) in [5, 5.41) is 4.68. The van der Waals surface area contributed by atoms with E-state index in [1.165, 1.54) is 30.4 Å². The smallest absolute Gasteiger partial charge is 0.162 e. The molecular formula is C23H26N2O2. The predicted molar refractivity (Wildman–Crippen MR) is 106 cm³/mol. The largest absolute Gasteiger partial charge is 0.497 e. The predicted octanol–water partition coefficient (Wildman–Crippen LogP) is 4.30. The average molecular weight is 362 g/mol. The summed E-state index contributed by atoms with van der Waals surface area (Å²) in [6.45, 7) is 4.47. The van der Waals surface area contributed by atoms with Crippen molar-refractivity contribution >= 4 is 5.71 Å². The van der Waals surface area contributed by atoms with E-state index < -0.39 is 0 Å². The zero-order valence-corrected chi connectivity index (χ0v) is 16.0. The highest BCUT2D eigenvalue weighted by molar-refractivity contribution is 6.10. The van der Waals surface area contributed by atoms with Gasteiger partial charge in [0.2, 0.25) is 0 Å². The van der Waals surface area contributed by atoms with Gasteiger partial charge in [-0.1, -0.05) is 42.8 Å². The maximum atomic E-state index is 6.17. The molecule has 27 heavy (non-hydrogen) atoms. The molecule has 0 bridgehead atoms.